The first-order valence-corrected chi connectivity index (χ1v) is 10.4. The van der Waals surface area contributed by atoms with E-state index < -0.39 is 0 Å². The molecule has 3 aromatic rings. The molecule has 3 aromatic carbocycles. The molecule has 0 bridgehead atoms. The summed E-state index contributed by atoms with van der Waals surface area (Å²) in [5, 5.41) is 2.92. The summed E-state index contributed by atoms with van der Waals surface area (Å²) in [7, 11) is 1.60. The topological polar surface area (TPSA) is 55.4 Å². The summed E-state index contributed by atoms with van der Waals surface area (Å²) in [5.74, 6) is 1.57. The van der Waals surface area contributed by atoms with Gasteiger partial charge in [0, 0.05) is 22.6 Å². The van der Waals surface area contributed by atoms with Gasteiger partial charge < -0.3 is 10.1 Å². The maximum atomic E-state index is 12.3. The van der Waals surface area contributed by atoms with Crippen molar-refractivity contribution < 1.29 is 14.3 Å². The van der Waals surface area contributed by atoms with Crippen LogP contribution in [0.2, 0.25) is 0 Å². The van der Waals surface area contributed by atoms with Gasteiger partial charge in [-0.15, -0.1) is 11.8 Å². The van der Waals surface area contributed by atoms with Crippen molar-refractivity contribution >= 4 is 29.1 Å². The lowest BCUT2D eigenvalue weighted by atomic mass is 10.1. The van der Waals surface area contributed by atoms with Crippen LogP contribution < -0.4 is 10.1 Å². The molecule has 0 spiro atoms. The number of nitrogens with one attached hydrogen (secondary N) is 1. The molecule has 0 aliphatic carbocycles. The molecule has 1 N–H and O–H groups in total. The van der Waals surface area contributed by atoms with Gasteiger partial charge in [-0.1, -0.05) is 42.5 Å². The minimum atomic E-state index is -0.0656. The van der Waals surface area contributed by atoms with E-state index in [1.54, 1.807) is 19.2 Å². The van der Waals surface area contributed by atoms with Gasteiger partial charge in [0.05, 0.1) is 12.9 Å². The van der Waals surface area contributed by atoms with Crippen molar-refractivity contribution in [3.05, 3.63) is 83.9 Å². The third-order valence-corrected chi connectivity index (χ3v) is 5.43. The molecule has 0 fully saturated rings. The smallest absolute Gasteiger partial charge is 0.234 e. The predicted octanol–water partition coefficient (Wildman–Crippen LogP) is 5.44. The highest BCUT2D eigenvalue weighted by Gasteiger charge is 2.09. The Morgan fingerprint density at radius 2 is 1.62 bits per heavy atom. The Bertz CT molecular complexity index is 985. The molecule has 29 heavy (non-hydrogen) atoms. The van der Waals surface area contributed by atoms with Gasteiger partial charge in [-0.2, -0.15) is 0 Å². The minimum Gasteiger partial charge on any atom is -0.496 e. The van der Waals surface area contributed by atoms with Crippen molar-refractivity contribution in [3.8, 4) is 16.9 Å². The molecular weight excluding hydrogens is 382 g/mol. The maximum absolute atomic E-state index is 12.3. The van der Waals surface area contributed by atoms with Crippen LogP contribution in [0.3, 0.4) is 0 Å². The molecule has 5 heteroatoms. The molecule has 0 atom stereocenters. The number of anilines is 1. The fraction of sp³-hybridized carbons (Fsp3) is 0.167. The van der Waals surface area contributed by atoms with Gasteiger partial charge in [0.1, 0.15) is 5.75 Å². The number of carbonyl (C=O) groups is 2. The number of amides is 1. The van der Waals surface area contributed by atoms with Gasteiger partial charge in [-0.3, -0.25) is 9.59 Å². The Balaban J connectivity index is 1.54. The third kappa shape index (κ3) is 5.72. The van der Waals surface area contributed by atoms with E-state index in [4.69, 9.17) is 4.74 Å². The van der Waals surface area contributed by atoms with E-state index in [2.05, 4.69) is 17.4 Å². The van der Waals surface area contributed by atoms with Crippen LogP contribution in [-0.2, 0) is 10.5 Å². The summed E-state index contributed by atoms with van der Waals surface area (Å²) >= 11 is 1.48. The monoisotopic (exact) mass is 405 g/mol. The quantitative estimate of drug-likeness (QED) is 0.507. The summed E-state index contributed by atoms with van der Waals surface area (Å²) < 4.78 is 5.36. The molecule has 4 nitrogen and oxygen atoms in total. The summed E-state index contributed by atoms with van der Waals surface area (Å²) in [6, 6.07) is 23.3. The largest absolute Gasteiger partial charge is 0.496 e. The zero-order chi connectivity index (χ0) is 20.6. The zero-order valence-electron chi connectivity index (χ0n) is 16.5. The van der Waals surface area contributed by atoms with Gasteiger partial charge in [0.25, 0.3) is 0 Å². The van der Waals surface area contributed by atoms with Gasteiger partial charge in [-0.25, -0.2) is 0 Å². The van der Waals surface area contributed by atoms with Crippen LogP contribution in [0, 0.1) is 0 Å². The van der Waals surface area contributed by atoms with Crippen molar-refractivity contribution in [3.63, 3.8) is 0 Å². The molecule has 0 aliphatic rings. The molecule has 1 amide bonds. The van der Waals surface area contributed by atoms with Crippen molar-refractivity contribution in [2.24, 2.45) is 0 Å². The van der Waals surface area contributed by atoms with Crippen molar-refractivity contribution in [2.75, 3.05) is 18.2 Å². The predicted molar refractivity (Wildman–Crippen MR) is 120 cm³/mol. The second-order valence-corrected chi connectivity index (χ2v) is 7.55. The van der Waals surface area contributed by atoms with Crippen LogP contribution in [0.5, 0.6) is 5.75 Å². The summed E-state index contributed by atoms with van der Waals surface area (Å²) in [5.41, 5.74) is 4.57. The molecule has 0 radical (unpaired) electrons. The highest BCUT2D eigenvalue weighted by atomic mass is 32.2. The Kier molecular flexibility index (Phi) is 7.09. The number of benzene rings is 3. The summed E-state index contributed by atoms with van der Waals surface area (Å²) in [4.78, 5) is 23.9. The number of ether oxygens (including phenoxy) is 1. The van der Waals surface area contributed by atoms with E-state index >= 15 is 0 Å². The van der Waals surface area contributed by atoms with Crippen LogP contribution in [0.15, 0.2) is 72.8 Å². The molecule has 0 unspecified atom stereocenters. The Labute approximate surface area is 175 Å². The molecule has 0 saturated carbocycles. The SMILES string of the molecule is COc1ccc(C(C)=O)cc1CSCC(=O)Nc1ccc(-c2ccccc2)cc1. The van der Waals surface area contributed by atoms with E-state index in [-0.39, 0.29) is 11.7 Å². The van der Waals surface area contributed by atoms with Crippen molar-refractivity contribution in [1.29, 1.82) is 0 Å². The van der Waals surface area contributed by atoms with Crippen molar-refractivity contribution in [2.45, 2.75) is 12.7 Å². The van der Waals surface area contributed by atoms with E-state index in [1.165, 1.54) is 18.7 Å². The molecule has 148 valence electrons. The summed E-state index contributed by atoms with van der Waals surface area (Å²) in [6.45, 7) is 1.54. The number of methoxy groups -OCH3 is 1. The molecular formula is C24H23NO3S. The second-order valence-electron chi connectivity index (χ2n) is 6.57. The van der Waals surface area contributed by atoms with Crippen LogP contribution in [0.4, 0.5) is 5.69 Å². The van der Waals surface area contributed by atoms with Gasteiger partial charge in [0.2, 0.25) is 5.91 Å². The van der Waals surface area contributed by atoms with E-state index in [0.717, 1.165) is 28.1 Å². The van der Waals surface area contributed by atoms with Crippen LogP contribution in [0.1, 0.15) is 22.8 Å². The number of hydrogen-bond donors (Lipinski definition) is 1. The molecule has 0 heterocycles. The first kappa shape index (κ1) is 20.7. The van der Waals surface area contributed by atoms with Gasteiger partial charge in [0.15, 0.2) is 5.78 Å². The van der Waals surface area contributed by atoms with Crippen LogP contribution in [0.25, 0.3) is 11.1 Å². The Morgan fingerprint density at radius 1 is 0.931 bits per heavy atom. The van der Waals surface area contributed by atoms with Crippen LogP contribution >= 0.6 is 11.8 Å². The van der Waals surface area contributed by atoms with Crippen LogP contribution in [-0.4, -0.2) is 24.6 Å². The van der Waals surface area contributed by atoms with E-state index in [9.17, 15) is 9.59 Å². The zero-order valence-corrected chi connectivity index (χ0v) is 17.3. The molecule has 0 saturated heterocycles. The van der Waals surface area contributed by atoms with E-state index in [1.807, 2.05) is 48.5 Å². The highest BCUT2D eigenvalue weighted by molar-refractivity contribution is 7.99. The molecule has 0 aromatic heterocycles. The Hall–Kier alpha value is -3.05. The first-order valence-electron chi connectivity index (χ1n) is 9.28. The highest BCUT2D eigenvalue weighted by Crippen LogP contribution is 2.25. The Morgan fingerprint density at radius 3 is 2.28 bits per heavy atom. The van der Waals surface area contributed by atoms with Crippen molar-refractivity contribution in [1.82, 2.24) is 0 Å². The third-order valence-electron chi connectivity index (χ3n) is 4.45. The average Bonchev–Trinajstić information content (AvgIpc) is 2.74. The fourth-order valence-corrected chi connectivity index (χ4v) is 3.74. The lowest BCUT2D eigenvalue weighted by molar-refractivity contribution is -0.113. The number of ketones is 1. The number of carbonyl (C=O) groups excluding carboxylic acids is 2. The second kappa shape index (κ2) is 9.94. The lowest BCUT2D eigenvalue weighted by Gasteiger charge is -2.10. The first-order chi connectivity index (χ1) is 14.1. The normalized spacial score (nSPS) is 10.4. The van der Waals surface area contributed by atoms with Gasteiger partial charge >= 0.3 is 0 Å². The van der Waals surface area contributed by atoms with E-state index in [0.29, 0.717) is 17.1 Å². The maximum Gasteiger partial charge on any atom is 0.234 e. The minimum absolute atomic E-state index is 0.00981. The molecule has 0 aliphatic heterocycles. The average molecular weight is 406 g/mol. The lowest BCUT2D eigenvalue weighted by Crippen LogP contribution is -2.14. The standard InChI is InChI=1S/C24H23NO3S/c1-17(26)20-10-13-23(28-2)21(14-20)15-29-16-24(27)25-22-11-8-19(9-12-22)18-6-4-3-5-7-18/h3-14H,15-16H2,1-2H3,(H,25,27). The number of rotatable bonds is 8. The number of Topliss-reactive ketones (excluding diaryl/α,β-unsaturated/α-hetero) is 1. The molecule has 3 rings (SSSR count). The summed E-state index contributed by atoms with van der Waals surface area (Å²) in [6.07, 6.45) is 0. The number of thioether (sulfide) groups is 1. The number of hydrogen-bond acceptors (Lipinski definition) is 4. The van der Waals surface area contributed by atoms with Gasteiger partial charge in [-0.05, 0) is 48.4 Å². The fourth-order valence-electron chi connectivity index (χ4n) is 2.94.